The van der Waals surface area contributed by atoms with E-state index in [1.165, 1.54) is 12.5 Å². The fourth-order valence-corrected chi connectivity index (χ4v) is 2.80. The molecule has 0 aromatic heterocycles. The fraction of sp³-hybridized carbons (Fsp3) is 0.318. The van der Waals surface area contributed by atoms with E-state index in [-0.39, 0.29) is 12.4 Å². The lowest BCUT2D eigenvalue weighted by atomic mass is 9.98. The molecule has 2 aromatic rings. The van der Waals surface area contributed by atoms with E-state index in [0.717, 1.165) is 5.56 Å². The number of amides is 1. The number of para-hydroxylation sites is 1. The Labute approximate surface area is 164 Å². The van der Waals surface area contributed by atoms with Crippen molar-refractivity contribution in [2.75, 3.05) is 18.5 Å². The Morgan fingerprint density at radius 3 is 2.39 bits per heavy atom. The molecule has 6 heteroatoms. The number of ketones is 1. The molecule has 0 aliphatic carbocycles. The van der Waals surface area contributed by atoms with Gasteiger partial charge >= 0.3 is 5.97 Å². The van der Waals surface area contributed by atoms with Crippen LogP contribution in [-0.2, 0) is 14.3 Å². The van der Waals surface area contributed by atoms with Crippen molar-refractivity contribution in [3.8, 4) is 5.75 Å². The molecule has 1 amide bonds. The minimum Gasteiger partial charge on any atom is -0.482 e. The molecule has 0 aliphatic rings. The maximum absolute atomic E-state index is 12.0. The van der Waals surface area contributed by atoms with Crippen LogP contribution < -0.4 is 10.1 Å². The third-order valence-corrected chi connectivity index (χ3v) is 4.16. The van der Waals surface area contributed by atoms with Crippen LogP contribution in [0.3, 0.4) is 0 Å². The van der Waals surface area contributed by atoms with E-state index >= 15 is 0 Å². The second-order valence-electron chi connectivity index (χ2n) is 6.77. The highest BCUT2D eigenvalue weighted by Gasteiger charge is 2.12. The lowest BCUT2D eigenvalue weighted by Crippen LogP contribution is -2.24. The van der Waals surface area contributed by atoms with Crippen molar-refractivity contribution in [1.82, 2.24) is 0 Å². The lowest BCUT2D eigenvalue weighted by molar-refractivity contribution is -0.149. The molecule has 0 spiro atoms. The monoisotopic (exact) mass is 383 g/mol. The van der Waals surface area contributed by atoms with E-state index in [9.17, 15) is 14.4 Å². The summed E-state index contributed by atoms with van der Waals surface area (Å²) >= 11 is 0. The second-order valence-corrected chi connectivity index (χ2v) is 6.77. The van der Waals surface area contributed by atoms with Crippen molar-refractivity contribution in [2.45, 2.75) is 33.6 Å². The number of carbonyl (C=O) groups is 3. The van der Waals surface area contributed by atoms with Gasteiger partial charge in [-0.1, -0.05) is 32.0 Å². The number of hydrogen-bond acceptors (Lipinski definition) is 5. The number of carbonyl (C=O) groups excluding carboxylic acids is 3. The van der Waals surface area contributed by atoms with Crippen LogP contribution in [0.25, 0.3) is 0 Å². The molecular formula is C22H25NO5. The molecule has 0 atom stereocenters. The topological polar surface area (TPSA) is 81.7 Å². The summed E-state index contributed by atoms with van der Waals surface area (Å²) in [6.45, 7) is 6.87. The van der Waals surface area contributed by atoms with E-state index in [1.807, 2.05) is 19.1 Å². The average molecular weight is 383 g/mol. The van der Waals surface area contributed by atoms with Crippen LogP contribution >= 0.6 is 0 Å². The first kappa shape index (κ1) is 21.2. The van der Waals surface area contributed by atoms with Crippen LogP contribution in [0.1, 0.15) is 48.2 Å². The van der Waals surface area contributed by atoms with E-state index in [1.54, 1.807) is 30.3 Å². The first-order chi connectivity index (χ1) is 13.3. The number of anilines is 1. The van der Waals surface area contributed by atoms with Crippen molar-refractivity contribution in [3.05, 3.63) is 59.2 Å². The number of benzene rings is 2. The number of rotatable bonds is 8. The van der Waals surface area contributed by atoms with E-state index < -0.39 is 18.5 Å². The van der Waals surface area contributed by atoms with Gasteiger partial charge < -0.3 is 14.8 Å². The number of esters is 1. The van der Waals surface area contributed by atoms with Gasteiger partial charge in [0.25, 0.3) is 5.91 Å². The molecule has 6 nitrogen and oxygen atoms in total. The predicted molar refractivity (Wildman–Crippen MR) is 107 cm³/mol. The Balaban J connectivity index is 1.82. The highest BCUT2D eigenvalue weighted by molar-refractivity contribution is 6.04. The van der Waals surface area contributed by atoms with Crippen LogP contribution in [0, 0.1) is 6.92 Å². The minimum absolute atomic E-state index is 0.167. The zero-order valence-electron chi connectivity index (χ0n) is 16.6. The third-order valence-electron chi connectivity index (χ3n) is 4.16. The van der Waals surface area contributed by atoms with Crippen molar-refractivity contribution >= 4 is 23.3 Å². The standard InChI is InChI=1S/C22H25NO5/c1-14(2)18-10-9-17(11-15(18)3)27-13-22(26)28-12-21(25)23-20-8-6-5-7-19(20)16(4)24/h5-11,14H,12-13H2,1-4H3,(H,23,25). The van der Waals surface area contributed by atoms with Crippen molar-refractivity contribution < 1.29 is 23.9 Å². The van der Waals surface area contributed by atoms with Crippen LogP contribution in [0.15, 0.2) is 42.5 Å². The molecule has 2 aromatic carbocycles. The number of aryl methyl sites for hydroxylation is 1. The first-order valence-electron chi connectivity index (χ1n) is 9.06. The van der Waals surface area contributed by atoms with Gasteiger partial charge in [0.2, 0.25) is 0 Å². The number of ether oxygens (including phenoxy) is 2. The molecule has 0 heterocycles. The summed E-state index contributed by atoms with van der Waals surface area (Å²) < 4.78 is 10.4. The van der Waals surface area contributed by atoms with Crippen LogP contribution in [-0.4, -0.2) is 30.9 Å². The SMILES string of the molecule is CC(=O)c1ccccc1NC(=O)COC(=O)COc1ccc(C(C)C)c(C)c1. The smallest absolute Gasteiger partial charge is 0.344 e. The van der Waals surface area contributed by atoms with Gasteiger partial charge in [-0.3, -0.25) is 9.59 Å². The molecule has 0 saturated heterocycles. The number of nitrogens with one attached hydrogen (secondary N) is 1. The molecule has 0 unspecified atom stereocenters. The third kappa shape index (κ3) is 5.94. The van der Waals surface area contributed by atoms with E-state index in [2.05, 4.69) is 19.2 Å². The molecule has 0 saturated carbocycles. The van der Waals surface area contributed by atoms with Gasteiger partial charge in [0.1, 0.15) is 5.75 Å². The van der Waals surface area contributed by atoms with Crippen molar-refractivity contribution in [3.63, 3.8) is 0 Å². The zero-order valence-corrected chi connectivity index (χ0v) is 16.6. The highest BCUT2D eigenvalue weighted by atomic mass is 16.6. The second kappa shape index (κ2) is 9.69. The molecule has 1 N–H and O–H groups in total. The average Bonchev–Trinajstić information content (AvgIpc) is 2.64. The summed E-state index contributed by atoms with van der Waals surface area (Å²) in [6, 6.07) is 12.3. The molecule has 0 fully saturated rings. The van der Waals surface area contributed by atoms with Crippen molar-refractivity contribution in [2.24, 2.45) is 0 Å². The van der Waals surface area contributed by atoms with Crippen molar-refractivity contribution in [1.29, 1.82) is 0 Å². The van der Waals surface area contributed by atoms with Crippen LogP contribution in [0.2, 0.25) is 0 Å². The molecule has 0 radical (unpaired) electrons. The molecule has 148 valence electrons. The largest absolute Gasteiger partial charge is 0.482 e. The maximum atomic E-state index is 12.0. The van der Waals surface area contributed by atoms with Gasteiger partial charge in [-0.15, -0.1) is 0 Å². The van der Waals surface area contributed by atoms with Gasteiger partial charge in [-0.25, -0.2) is 4.79 Å². The summed E-state index contributed by atoms with van der Waals surface area (Å²) in [7, 11) is 0. The Hall–Kier alpha value is -3.15. The molecule has 0 bridgehead atoms. The minimum atomic E-state index is -0.652. The Morgan fingerprint density at radius 1 is 1.04 bits per heavy atom. The molecular weight excluding hydrogens is 358 g/mol. The number of hydrogen-bond donors (Lipinski definition) is 1. The molecule has 0 aliphatic heterocycles. The zero-order chi connectivity index (χ0) is 20.7. The quantitative estimate of drug-likeness (QED) is 0.553. The summed E-state index contributed by atoms with van der Waals surface area (Å²) in [6.07, 6.45) is 0. The Morgan fingerprint density at radius 2 is 1.75 bits per heavy atom. The predicted octanol–water partition coefficient (Wildman–Crippen LogP) is 3.88. The van der Waals surface area contributed by atoms with Crippen LogP contribution in [0.4, 0.5) is 5.69 Å². The van der Waals surface area contributed by atoms with E-state index in [4.69, 9.17) is 9.47 Å². The summed E-state index contributed by atoms with van der Waals surface area (Å²) in [4.78, 5) is 35.4. The van der Waals surface area contributed by atoms with Crippen LogP contribution in [0.5, 0.6) is 5.75 Å². The molecule has 2 rings (SSSR count). The summed E-state index contributed by atoms with van der Waals surface area (Å²) in [5.74, 6) is -0.371. The van der Waals surface area contributed by atoms with Gasteiger partial charge in [-0.05, 0) is 55.2 Å². The first-order valence-corrected chi connectivity index (χ1v) is 9.06. The summed E-state index contributed by atoms with van der Waals surface area (Å²) in [5, 5.41) is 2.57. The fourth-order valence-electron chi connectivity index (χ4n) is 2.80. The lowest BCUT2D eigenvalue weighted by Gasteiger charge is -2.12. The van der Waals surface area contributed by atoms with Gasteiger partial charge in [0.15, 0.2) is 19.0 Å². The van der Waals surface area contributed by atoms with Gasteiger partial charge in [-0.2, -0.15) is 0 Å². The summed E-state index contributed by atoms with van der Waals surface area (Å²) in [5.41, 5.74) is 3.08. The Bertz CT molecular complexity index is 873. The maximum Gasteiger partial charge on any atom is 0.344 e. The van der Waals surface area contributed by atoms with E-state index in [0.29, 0.717) is 22.9 Å². The highest BCUT2D eigenvalue weighted by Crippen LogP contribution is 2.23. The van der Waals surface area contributed by atoms with Gasteiger partial charge in [0, 0.05) is 5.56 Å². The Kier molecular flexibility index (Phi) is 7.32. The normalized spacial score (nSPS) is 10.5. The molecule has 28 heavy (non-hydrogen) atoms. The number of Topliss-reactive ketones (excluding diaryl/α,β-unsaturated/α-hetero) is 1. The van der Waals surface area contributed by atoms with Gasteiger partial charge in [0.05, 0.1) is 5.69 Å².